The minimum absolute atomic E-state index is 0.708. The molecule has 4 aromatic heterocycles. The van der Waals surface area contributed by atoms with E-state index in [-0.39, 0.29) is 0 Å². The molecule has 0 bridgehead atoms. The summed E-state index contributed by atoms with van der Waals surface area (Å²) in [5, 5.41) is 12.8. The number of hydrogen-bond acceptors (Lipinski definition) is 5. The van der Waals surface area contributed by atoms with Crippen LogP contribution in [0.3, 0.4) is 0 Å². The second-order valence-electron chi connectivity index (χ2n) is 6.01. The van der Waals surface area contributed by atoms with E-state index in [0.717, 1.165) is 39.1 Å². The molecule has 0 unspecified atom stereocenters. The van der Waals surface area contributed by atoms with Gasteiger partial charge >= 0.3 is 0 Å². The van der Waals surface area contributed by atoms with E-state index >= 15 is 0 Å². The highest BCUT2D eigenvalue weighted by Gasteiger charge is 2.10. The van der Waals surface area contributed by atoms with E-state index < -0.39 is 0 Å². The van der Waals surface area contributed by atoms with Crippen LogP contribution in [-0.2, 0) is 0 Å². The number of aromatic amines is 1. The van der Waals surface area contributed by atoms with Crippen molar-refractivity contribution in [2.45, 2.75) is 6.92 Å². The molecule has 0 saturated heterocycles. The normalized spacial score (nSPS) is 11.3. The Kier molecular flexibility index (Phi) is 3.18. The molecular weight excluding hydrogens is 326 g/mol. The monoisotopic (exact) mass is 341 g/mol. The molecule has 0 atom stereocenters. The summed E-state index contributed by atoms with van der Waals surface area (Å²) in [7, 11) is 0. The molecule has 7 heteroatoms. The van der Waals surface area contributed by atoms with E-state index in [1.807, 2.05) is 48.1 Å². The molecular formula is C19H15N7. The van der Waals surface area contributed by atoms with Crippen LogP contribution in [0.4, 0.5) is 11.5 Å². The third-order valence-corrected chi connectivity index (χ3v) is 4.38. The largest absolute Gasteiger partial charge is 0.337 e. The van der Waals surface area contributed by atoms with Crippen LogP contribution >= 0.6 is 0 Å². The summed E-state index contributed by atoms with van der Waals surface area (Å²) in [6.07, 6.45) is 7.27. The summed E-state index contributed by atoms with van der Waals surface area (Å²) in [4.78, 5) is 13.2. The number of imidazole rings is 1. The lowest BCUT2D eigenvalue weighted by molar-refractivity contribution is 0.943. The number of anilines is 2. The van der Waals surface area contributed by atoms with Crippen LogP contribution in [0.1, 0.15) is 5.82 Å². The first kappa shape index (κ1) is 14.6. The van der Waals surface area contributed by atoms with Crippen molar-refractivity contribution < 1.29 is 0 Å². The second-order valence-corrected chi connectivity index (χ2v) is 6.01. The lowest BCUT2D eigenvalue weighted by Gasteiger charge is -2.10. The van der Waals surface area contributed by atoms with E-state index in [0.29, 0.717) is 5.82 Å². The predicted octanol–water partition coefficient (Wildman–Crippen LogP) is 3.74. The van der Waals surface area contributed by atoms with Gasteiger partial charge in [-0.05, 0) is 48.7 Å². The first-order valence-electron chi connectivity index (χ1n) is 8.25. The summed E-state index contributed by atoms with van der Waals surface area (Å²) in [5.41, 5.74) is 2.66. The number of fused-ring (bicyclic) bond motifs is 2. The first-order valence-corrected chi connectivity index (χ1v) is 8.25. The van der Waals surface area contributed by atoms with Crippen LogP contribution in [0.2, 0.25) is 0 Å². The van der Waals surface area contributed by atoms with Crippen molar-refractivity contribution in [1.29, 1.82) is 0 Å². The van der Waals surface area contributed by atoms with Crippen molar-refractivity contribution in [2.24, 2.45) is 0 Å². The fourth-order valence-electron chi connectivity index (χ4n) is 3.11. The maximum atomic E-state index is 4.53. The summed E-state index contributed by atoms with van der Waals surface area (Å²) in [6, 6.07) is 12.0. The SMILES string of the molecule is Cc1nccn1-c1nccc2cc(Nc3n[nH]c4cccnc34)ccc12. The molecule has 5 aromatic rings. The number of pyridine rings is 2. The molecule has 0 aliphatic heterocycles. The summed E-state index contributed by atoms with van der Waals surface area (Å²) in [6.45, 7) is 1.96. The zero-order chi connectivity index (χ0) is 17.5. The highest BCUT2D eigenvalue weighted by Crippen LogP contribution is 2.27. The van der Waals surface area contributed by atoms with Crippen molar-refractivity contribution >= 4 is 33.3 Å². The standard InChI is InChI=1S/C19H15N7/c1-12-20-9-10-26(12)19-15-5-4-14(11-13(15)6-8-22-19)23-18-17-16(24-25-18)3-2-7-21-17/h2-11H,1H3,(H2,23,24,25). The van der Waals surface area contributed by atoms with Gasteiger partial charge < -0.3 is 5.32 Å². The third-order valence-electron chi connectivity index (χ3n) is 4.38. The highest BCUT2D eigenvalue weighted by molar-refractivity contribution is 5.93. The topological polar surface area (TPSA) is 84.3 Å². The quantitative estimate of drug-likeness (QED) is 0.522. The summed E-state index contributed by atoms with van der Waals surface area (Å²) >= 11 is 0. The fraction of sp³-hybridized carbons (Fsp3) is 0.0526. The van der Waals surface area contributed by atoms with Gasteiger partial charge in [0.05, 0.1) is 5.52 Å². The lowest BCUT2D eigenvalue weighted by Crippen LogP contribution is -2.00. The Hall–Kier alpha value is -3.74. The van der Waals surface area contributed by atoms with Crippen molar-refractivity contribution in [3.63, 3.8) is 0 Å². The van der Waals surface area contributed by atoms with Gasteiger partial charge in [0.2, 0.25) is 0 Å². The third kappa shape index (κ3) is 2.29. The smallest absolute Gasteiger partial charge is 0.178 e. The molecule has 5 rings (SSSR count). The van der Waals surface area contributed by atoms with E-state index in [1.165, 1.54) is 0 Å². The van der Waals surface area contributed by atoms with Crippen LogP contribution in [0.5, 0.6) is 0 Å². The minimum atomic E-state index is 0.708. The van der Waals surface area contributed by atoms with Crippen LogP contribution in [0.25, 0.3) is 27.6 Å². The first-order chi connectivity index (χ1) is 12.8. The van der Waals surface area contributed by atoms with Gasteiger partial charge in [0.15, 0.2) is 5.82 Å². The van der Waals surface area contributed by atoms with Gasteiger partial charge in [-0.15, -0.1) is 0 Å². The fourth-order valence-corrected chi connectivity index (χ4v) is 3.11. The van der Waals surface area contributed by atoms with Crippen LogP contribution in [0.15, 0.2) is 61.2 Å². The van der Waals surface area contributed by atoms with Gasteiger partial charge in [-0.2, -0.15) is 5.10 Å². The van der Waals surface area contributed by atoms with E-state index in [2.05, 4.69) is 42.6 Å². The number of H-pyrrole nitrogens is 1. The Balaban J connectivity index is 1.58. The van der Waals surface area contributed by atoms with Crippen LogP contribution in [-0.4, -0.2) is 29.7 Å². The average molecular weight is 341 g/mol. The number of hydrogen-bond donors (Lipinski definition) is 2. The summed E-state index contributed by atoms with van der Waals surface area (Å²) in [5.74, 6) is 2.48. The van der Waals surface area contributed by atoms with E-state index in [9.17, 15) is 0 Å². The number of rotatable bonds is 3. The molecule has 2 N–H and O–H groups in total. The van der Waals surface area contributed by atoms with Crippen molar-refractivity contribution in [3.05, 3.63) is 67.0 Å². The summed E-state index contributed by atoms with van der Waals surface area (Å²) < 4.78 is 1.99. The average Bonchev–Trinajstić information content (AvgIpc) is 3.28. The Labute approximate surface area is 148 Å². The van der Waals surface area contributed by atoms with Crippen molar-refractivity contribution in [3.8, 4) is 5.82 Å². The van der Waals surface area contributed by atoms with E-state index in [4.69, 9.17) is 0 Å². The Bertz CT molecular complexity index is 1240. The van der Waals surface area contributed by atoms with Crippen LogP contribution < -0.4 is 5.32 Å². The predicted molar refractivity (Wildman–Crippen MR) is 101 cm³/mol. The second kappa shape index (κ2) is 5.66. The maximum absolute atomic E-state index is 4.53. The zero-order valence-corrected chi connectivity index (χ0v) is 14.0. The van der Waals surface area contributed by atoms with Gasteiger partial charge in [0.1, 0.15) is 17.2 Å². The molecule has 0 saturated carbocycles. The Morgan fingerprint density at radius 1 is 1.00 bits per heavy atom. The Morgan fingerprint density at radius 2 is 1.96 bits per heavy atom. The van der Waals surface area contributed by atoms with Gasteiger partial charge in [-0.1, -0.05) is 0 Å². The molecule has 0 amide bonds. The molecule has 0 radical (unpaired) electrons. The maximum Gasteiger partial charge on any atom is 0.178 e. The highest BCUT2D eigenvalue weighted by atomic mass is 15.2. The lowest BCUT2D eigenvalue weighted by atomic mass is 10.1. The molecule has 0 spiro atoms. The molecule has 26 heavy (non-hydrogen) atoms. The zero-order valence-electron chi connectivity index (χ0n) is 14.0. The van der Waals surface area contributed by atoms with Gasteiger partial charge in [0, 0.05) is 35.9 Å². The molecule has 0 fully saturated rings. The van der Waals surface area contributed by atoms with Gasteiger partial charge in [-0.3, -0.25) is 14.6 Å². The molecule has 0 aliphatic rings. The molecule has 4 heterocycles. The van der Waals surface area contributed by atoms with Gasteiger partial charge in [0.25, 0.3) is 0 Å². The van der Waals surface area contributed by atoms with Crippen molar-refractivity contribution in [2.75, 3.05) is 5.32 Å². The number of benzene rings is 1. The number of aryl methyl sites for hydroxylation is 1. The molecule has 7 nitrogen and oxygen atoms in total. The number of aromatic nitrogens is 6. The molecule has 126 valence electrons. The molecule has 0 aliphatic carbocycles. The Morgan fingerprint density at radius 3 is 2.85 bits per heavy atom. The minimum Gasteiger partial charge on any atom is -0.337 e. The number of nitrogens with zero attached hydrogens (tertiary/aromatic N) is 5. The van der Waals surface area contributed by atoms with Crippen LogP contribution in [0, 0.1) is 6.92 Å². The molecule has 1 aromatic carbocycles. The van der Waals surface area contributed by atoms with Crippen molar-refractivity contribution in [1.82, 2.24) is 29.7 Å². The number of nitrogens with one attached hydrogen (secondary N) is 2. The van der Waals surface area contributed by atoms with E-state index in [1.54, 1.807) is 12.4 Å². The van der Waals surface area contributed by atoms with Gasteiger partial charge in [-0.25, -0.2) is 9.97 Å².